The van der Waals surface area contributed by atoms with E-state index in [-0.39, 0.29) is 5.41 Å². The lowest BCUT2D eigenvalue weighted by atomic mass is 9.90. The van der Waals surface area contributed by atoms with E-state index in [1.807, 2.05) is 0 Å². The highest BCUT2D eigenvalue weighted by molar-refractivity contribution is 4.95. The Bertz CT molecular complexity index is 245. The third-order valence-corrected chi connectivity index (χ3v) is 4.97. The molecule has 1 atom stereocenters. The Hall–Kier alpha value is -0.120. The fraction of sp³-hybridized carbons (Fsp3) is 1.00. The SMILES string of the molecule is CCCN1CCC(C(C)NCC2(CO)CC2)CC1. The standard InChI is InChI=1S/C15H30N2O/c1-3-8-17-9-4-14(5-10-17)13(2)16-11-15(12-18)6-7-15/h13-14,16,18H,3-12H2,1-2H3. The molecule has 2 N–H and O–H groups in total. The van der Waals surface area contributed by atoms with Gasteiger partial charge in [-0.3, -0.25) is 0 Å². The van der Waals surface area contributed by atoms with E-state index in [0.29, 0.717) is 12.6 Å². The summed E-state index contributed by atoms with van der Waals surface area (Å²) in [5.74, 6) is 0.826. The molecule has 0 amide bonds. The molecule has 1 unspecified atom stereocenters. The van der Waals surface area contributed by atoms with Crippen molar-refractivity contribution in [3.8, 4) is 0 Å². The number of rotatable bonds is 7. The Balaban J connectivity index is 1.66. The summed E-state index contributed by atoms with van der Waals surface area (Å²) in [4.78, 5) is 2.60. The molecule has 3 nitrogen and oxygen atoms in total. The molecule has 1 aliphatic heterocycles. The highest BCUT2D eigenvalue weighted by Gasteiger charge is 2.42. The van der Waals surface area contributed by atoms with Crippen LogP contribution in [0.15, 0.2) is 0 Å². The van der Waals surface area contributed by atoms with Crippen molar-refractivity contribution in [2.75, 3.05) is 32.8 Å². The quantitative estimate of drug-likeness (QED) is 0.728. The van der Waals surface area contributed by atoms with E-state index < -0.39 is 0 Å². The van der Waals surface area contributed by atoms with Gasteiger partial charge in [0.15, 0.2) is 0 Å². The van der Waals surface area contributed by atoms with E-state index >= 15 is 0 Å². The zero-order valence-corrected chi connectivity index (χ0v) is 12.1. The maximum atomic E-state index is 9.33. The van der Waals surface area contributed by atoms with Gasteiger partial charge in [0.1, 0.15) is 0 Å². The molecule has 1 heterocycles. The van der Waals surface area contributed by atoms with Crippen LogP contribution in [0.3, 0.4) is 0 Å². The van der Waals surface area contributed by atoms with Crippen molar-refractivity contribution in [2.45, 2.75) is 52.0 Å². The fourth-order valence-corrected chi connectivity index (χ4v) is 3.10. The van der Waals surface area contributed by atoms with Gasteiger partial charge in [0.05, 0.1) is 0 Å². The monoisotopic (exact) mass is 254 g/mol. The molecule has 0 aromatic rings. The maximum Gasteiger partial charge on any atom is 0.0499 e. The molecule has 3 heteroatoms. The lowest BCUT2D eigenvalue weighted by Crippen LogP contribution is -2.44. The third kappa shape index (κ3) is 3.69. The number of nitrogens with one attached hydrogen (secondary N) is 1. The van der Waals surface area contributed by atoms with Crippen molar-refractivity contribution >= 4 is 0 Å². The molecule has 0 spiro atoms. The van der Waals surface area contributed by atoms with Gasteiger partial charge in [0.2, 0.25) is 0 Å². The van der Waals surface area contributed by atoms with Gasteiger partial charge in [0, 0.05) is 24.6 Å². The summed E-state index contributed by atoms with van der Waals surface area (Å²) in [6.07, 6.45) is 6.36. The van der Waals surface area contributed by atoms with E-state index in [0.717, 1.165) is 12.5 Å². The van der Waals surface area contributed by atoms with Gasteiger partial charge in [-0.15, -0.1) is 0 Å². The Morgan fingerprint density at radius 3 is 2.50 bits per heavy atom. The smallest absolute Gasteiger partial charge is 0.0499 e. The van der Waals surface area contributed by atoms with Crippen LogP contribution in [0.2, 0.25) is 0 Å². The van der Waals surface area contributed by atoms with Gasteiger partial charge in [-0.2, -0.15) is 0 Å². The number of likely N-dealkylation sites (tertiary alicyclic amines) is 1. The van der Waals surface area contributed by atoms with Gasteiger partial charge in [-0.1, -0.05) is 6.92 Å². The van der Waals surface area contributed by atoms with Crippen LogP contribution >= 0.6 is 0 Å². The molecular formula is C15H30N2O. The first-order valence-corrected chi connectivity index (χ1v) is 7.76. The molecule has 0 radical (unpaired) electrons. The van der Waals surface area contributed by atoms with Crippen LogP contribution in [0, 0.1) is 11.3 Å². The number of aliphatic hydroxyl groups is 1. The number of aliphatic hydroxyl groups excluding tert-OH is 1. The Kier molecular flexibility index (Phi) is 5.05. The molecular weight excluding hydrogens is 224 g/mol. The third-order valence-electron chi connectivity index (χ3n) is 4.97. The molecule has 1 saturated heterocycles. The highest BCUT2D eigenvalue weighted by atomic mass is 16.3. The fourth-order valence-electron chi connectivity index (χ4n) is 3.10. The van der Waals surface area contributed by atoms with Crippen molar-refractivity contribution in [2.24, 2.45) is 11.3 Å². The van der Waals surface area contributed by atoms with Crippen LogP contribution < -0.4 is 5.32 Å². The van der Waals surface area contributed by atoms with Crippen LogP contribution in [-0.4, -0.2) is 48.8 Å². The van der Waals surface area contributed by atoms with Gasteiger partial charge < -0.3 is 15.3 Å². The average molecular weight is 254 g/mol. The minimum atomic E-state index is 0.247. The van der Waals surface area contributed by atoms with Crippen LogP contribution in [0.25, 0.3) is 0 Å². The van der Waals surface area contributed by atoms with E-state index in [1.54, 1.807) is 0 Å². The Labute approximate surface area is 112 Å². The summed E-state index contributed by atoms with van der Waals surface area (Å²) in [5, 5.41) is 13.0. The molecule has 0 bridgehead atoms. The molecule has 0 aromatic carbocycles. The molecule has 1 saturated carbocycles. The lowest BCUT2D eigenvalue weighted by molar-refractivity contribution is 0.153. The van der Waals surface area contributed by atoms with Crippen molar-refractivity contribution in [3.05, 3.63) is 0 Å². The topological polar surface area (TPSA) is 35.5 Å². The second-order valence-electron chi connectivity index (χ2n) is 6.51. The van der Waals surface area contributed by atoms with E-state index in [4.69, 9.17) is 0 Å². The molecule has 2 fully saturated rings. The van der Waals surface area contributed by atoms with Gasteiger partial charge >= 0.3 is 0 Å². The van der Waals surface area contributed by atoms with Crippen molar-refractivity contribution in [1.29, 1.82) is 0 Å². The Morgan fingerprint density at radius 1 is 1.33 bits per heavy atom. The second kappa shape index (κ2) is 6.36. The summed E-state index contributed by atoms with van der Waals surface area (Å²) in [5.41, 5.74) is 0.247. The number of hydrogen-bond donors (Lipinski definition) is 2. The first-order chi connectivity index (χ1) is 8.69. The number of piperidine rings is 1. The van der Waals surface area contributed by atoms with Crippen LogP contribution in [0.1, 0.15) is 46.0 Å². The molecule has 1 aliphatic carbocycles. The summed E-state index contributed by atoms with van der Waals surface area (Å²) in [6.45, 7) is 9.78. The van der Waals surface area contributed by atoms with Crippen LogP contribution in [0.5, 0.6) is 0 Å². The zero-order chi connectivity index (χ0) is 13.0. The summed E-state index contributed by atoms with van der Waals surface area (Å²) in [7, 11) is 0. The molecule has 0 aromatic heterocycles. The van der Waals surface area contributed by atoms with Gasteiger partial charge in [0.25, 0.3) is 0 Å². The van der Waals surface area contributed by atoms with Gasteiger partial charge in [-0.05, 0) is 64.6 Å². The van der Waals surface area contributed by atoms with Crippen molar-refractivity contribution in [3.63, 3.8) is 0 Å². The number of nitrogens with zero attached hydrogens (tertiary/aromatic N) is 1. The van der Waals surface area contributed by atoms with Crippen LogP contribution in [0.4, 0.5) is 0 Å². The van der Waals surface area contributed by atoms with Crippen molar-refractivity contribution < 1.29 is 5.11 Å². The molecule has 2 aliphatic rings. The zero-order valence-electron chi connectivity index (χ0n) is 12.1. The summed E-state index contributed by atoms with van der Waals surface area (Å²) in [6, 6.07) is 0.609. The summed E-state index contributed by atoms with van der Waals surface area (Å²) >= 11 is 0. The maximum absolute atomic E-state index is 9.33. The minimum Gasteiger partial charge on any atom is -0.396 e. The highest BCUT2D eigenvalue weighted by Crippen LogP contribution is 2.44. The van der Waals surface area contributed by atoms with Crippen molar-refractivity contribution in [1.82, 2.24) is 10.2 Å². The van der Waals surface area contributed by atoms with Gasteiger partial charge in [-0.25, -0.2) is 0 Å². The Morgan fingerprint density at radius 2 is 2.00 bits per heavy atom. The van der Waals surface area contributed by atoms with E-state index in [1.165, 1.54) is 51.7 Å². The molecule has 18 heavy (non-hydrogen) atoms. The molecule has 106 valence electrons. The van der Waals surface area contributed by atoms with E-state index in [2.05, 4.69) is 24.1 Å². The predicted molar refractivity (Wildman–Crippen MR) is 75.7 cm³/mol. The lowest BCUT2D eigenvalue weighted by Gasteiger charge is -2.35. The first-order valence-electron chi connectivity index (χ1n) is 7.76. The summed E-state index contributed by atoms with van der Waals surface area (Å²) < 4.78 is 0. The normalized spacial score (nSPS) is 26.2. The van der Waals surface area contributed by atoms with E-state index in [9.17, 15) is 5.11 Å². The predicted octanol–water partition coefficient (Wildman–Crippen LogP) is 1.86. The first kappa shape index (κ1) is 14.3. The minimum absolute atomic E-state index is 0.247. The molecule has 2 rings (SSSR count). The number of hydrogen-bond acceptors (Lipinski definition) is 3. The average Bonchev–Trinajstić information content (AvgIpc) is 3.18. The second-order valence-corrected chi connectivity index (χ2v) is 6.51. The van der Waals surface area contributed by atoms with Crippen LogP contribution in [-0.2, 0) is 0 Å². The largest absolute Gasteiger partial charge is 0.396 e.